The number of carboxylic acids is 1. The standard InChI is InChI=1S/C6H15N.C4H10O.C2H4O2/c1-4-7(5-2)6-3;1-4(2,3)5;1-2(3)4/h4-6H2,1-3H3;5H,1-3H3;1H3,(H,3,4). The molecule has 0 bridgehead atoms. The highest BCUT2D eigenvalue weighted by atomic mass is 16.4. The molecule has 0 amide bonds. The van der Waals surface area contributed by atoms with Gasteiger partial charge < -0.3 is 15.1 Å². The van der Waals surface area contributed by atoms with E-state index in [1.807, 2.05) is 0 Å². The molecule has 0 aromatic rings. The zero-order valence-electron chi connectivity index (χ0n) is 11.9. The van der Waals surface area contributed by atoms with Gasteiger partial charge in [0, 0.05) is 6.92 Å². The molecule has 0 aliphatic carbocycles. The maximum atomic E-state index is 9.00. The molecule has 0 aromatic carbocycles. The van der Waals surface area contributed by atoms with E-state index in [1.54, 1.807) is 20.8 Å². The number of carbonyl (C=O) groups is 1. The largest absolute Gasteiger partial charge is 0.481 e. The second-order valence-corrected chi connectivity index (χ2v) is 4.31. The fraction of sp³-hybridized carbons (Fsp3) is 0.917. The highest BCUT2D eigenvalue weighted by Crippen LogP contribution is 1.93. The van der Waals surface area contributed by atoms with E-state index in [-0.39, 0.29) is 0 Å². The van der Waals surface area contributed by atoms with E-state index in [1.165, 1.54) is 19.6 Å². The third-order valence-corrected chi connectivity index (χ3v) is 1.34. The van der Waals surface area contributed by atoms with E-state index in [9.17, 15) is 0 Å². The fourth-order valence-electron chi connectivity index (χ4n) is 0.671. The predicted molar refractivity (Wildman–Crippen MR) is 68.7 cm³/mol. The van der Waals surface area contributed by atoms with Gasteiger partial charge in [0.15, 0.2) is 0 Å². The molecule has 2 N–H and O–H groups in total. The number of carboxylic acid groups (broad SMARTS) is 1. The van der Waals surface area contributed by atoms with E-state index in [2.05, 4.69) is 25.7 Å². The minimum atomic E-state index is -0.833. The van der Waals surface area contributed by atoms with Crippen molar-refractivity contribution < 1.29 is 15.0 Å². The van der Waals surface area contributed by atoms with E-state index >= 15 is 0 Å². The summed E-state index contributed by atoms with van der Waals surface area (Å²) in [4.78, 5) is 11.4. The quantitative estimate of drug-likeness (QED) is 0.787. The number of rotatable bonds is 3. The molecule has 4 nitrogen and oxygen atoms in total. The van der Waals surface area contributed by atoms with Gasteiger partial charge in [0.25, 0.3) is 5.97 Å². The lowest BCUT2D eigenvalue weighted by atomic mass is 10.2. The lowest BCUT2D eigenvalue weighted by Gasteiger charge is -2.13. The Morgan fingerprint density at radius 1 is 1.06 bits per heavy atom. The Kier molecular flexibility index (Phi) is 16.2. The molecule has 0 spiro atoms. The summed E-state index contributed by atoms with van der Waals surface area (Å²) in [5.41, 5.74) is -0.500. The summed E-state index contributed by atoms with van der Waals surface area (Å²) in [6, 6.07) is 0. The lowest BCUT2D eigenvalue weighted by molar-refractivity contribution is -0.134. The van der Waals surface area contributed by atoms with E-state index in [0.29, 0.717) is 0 Å². The van der Waals surface area contributed by atoms with Crippen LogP contribution in [0.3, 0.4) is 0 Å². The average molecular weight is 235 g/mol. The van der Waals surface area contributed by atoms with Gasteiger partial charge in [0.2, 0.25) is 0 Å². The SMILES string of the molecule is CC(=O)O.CC(C)(C)O.CCN(CC)CC. The van der Waals surface area contributed by atoms with Crippen LogP contribution in [0.4, 0.5) is 0 Å². The Bertz CT molecular complexity index is 133. The van der Waals surface area contributed by atoms with Crippen LogP contribution in [0.5, 0.6) is 0 Å². The summed E-state index contributed by atoms with van der Waals surface area (Å²) < 4.78 is 0. The molecule has 16 heavy (non-hydrogen) atoms. The van der Waals surface area contributed by atoms with Crippen LogP contribution in [-0.2, 0) is 4.79 Å². The monoisotopic (exact) mass is 235 g/mol. The molecule has 0 radical (unpaired) electrons. The Morgan fingerprint density at radius 2 is 1.19 bits per heavy atom. The molecule has 0 heterocycles. The van der Waals surface area contributed by atoms with Crippen molar-refractivity contribution in [3.05, 3.63) is 0 Å². The molecule has 0 aliphatic heterocycles. The van der Waals surface area contributed by atoms with Gasteiger partial charge in [0.1, 0.15) is 0 Å². The zero-order valence-corrected chi connectivity index (χ0v) is 11.9. The van der Waals surface area contributed by atoms with Crippen molar-refractivity contribution in [3.63, 3.8) is 0 Å². The number of aliphatic carboxylic acids is 1. The van der Waals surface area contributed by atoms with Crippen LogP contribution in [0.2, 0.25) is 0 Å². The first-order valence-electron chi connectivity index (χ1n) is 5.72. The molecular formula is C12H29NO3. The van der Waals surface area contributed by atoms with Gasteiger partial charge in [0.05, 0.1) is 5.60 Å². The minimum absolute atomic E-state index is 0.500. The van der Waals surface area contributed by atoms with Crippen molar-refractivity contribution in [1.29, 1.82) is 0 Å². The minimum Gasteiger partial charge on any atom is -0.481 e. The van der Waals surface area contributed by atoms with Crippen LogP contribution >= 0.6 is 0 Å². The summed E-state index contributed by atoms with van der Waals surface area (Å²) >= 11 is 0. The van der Waals surface area contributed by atoms with Crippen molar-refractivity contribution in [1.82, 2.24) is 4.90 Å². The first-order valence-corrected chi connectivity index (χ1v) is 5.72. The third-order valence-electron chi connectivity index (χ3n) is 1.34. The molecule has 0 saturated carbocycles. The molecule has 0 rings (SSSR count). The molecular weight excluding hydrogens is 206 g/mol. The van der Waals surface area contributed by atoms with Gasteiger partial charge in [-0.1, -0.05) is 20.8 Å². The highest BCUT2D eigenvalue weighted by molar-refractivity contribution is 5.62. The first kappa shape index (κ1) is 20.8. The average Bonchev–Trinajstić information content (AvgIpc) is 2.03. The van der Waals surface area contributed by atoms with Gasteiger partial charge in [-0.15, -0.1) is 0 Å². The second-order valence-electron chi connectivity index (χ2n) is 4.31. The van der Waals surface area contributed by atoms with E-state index in [4.69, 9.17) is 15.0 Å². The van der Waals surface area contributed by atoms with Crippen LogP contribution in [0, 0.1) is 0 Å². The van der Waals surface area contributed by atoms with Crippen LogP contribution in [-0.4, -0.2) is 46.3 Å². The lowest BCUT2D eigenvalue weighted by Crippen LogP contribution is -2.21. The highest BCUT2D eigenvalue weighted by Gasteiger charge is 1.97. The maximum Gasteiger partial charge on any atom is 0.300 e. The van der Waals surface area contributed by atoms with Crippen molar-refractivity contribution in [2.24, 2.45) is 0 Å². The summed E-state index contributed by atoms with van der Waals surface area (Å²) in [5.74, 6) is -0.833. The molecule has 4 heteroatoms. The number of hydrogen-bond acceptors (Lipinski definition) is 3. The number of aliphatic hydroxyl groups is 1. The second kappa shape index (κ2) is 12.5. The summed E-state index contributed by atoms with van der Waals surface area (Å²) in [6.07, 6.45) is 0. The molecule has 0 atom stereocenters. The molecule has 0 aromatic heterocycles. The first-order chi connectivity index (χ1) is 7.08. The van der Waals surface area contributed by atoms with Crippen molar-refractivity contribution in [3.8, 4) is 0 Å². The van der Waals surface area contributed by atoms with Crippen molar-refractivity contribution in [2.45, 2.75) is 54.1 Å². The molecule has 100 valence electrons. The van der Waals surface area contributed by atoms with Crippen molar-refractivity contribution >= 4 is 5.97 Å². The summed E-state index contributed by atoms with van der Waals surface area (Å²) in [7, 11) is 0. The summed E-state index contributed by atoms with van der Waals surface area (Å²) in [6.45, 7) is 16.4. The Hall–Kier alpha value is -0.610. The molecule has 0 unspecified atom stereocenters. The Morgan fingerprint density at radius 3 is 1.19 bits per heavy atom. The van der Waals surface area contributed by atoms with Gasteiger partial charge in [-0.3, -0.25) is 4.79 Å². The van der Waals surface area contributed by atoms with Crippen LogP contribution in [0.1, 0.15) is 48.5 Å². The van der Waals surface area contributed by atoms with Gasteiger partial charge in [-0.25, -0.2) is 0 Å². The molecule has 0 aliphatic rings. The van der Waals surface area contributed by atoms with E-state index in [0.717, 1.165) is 6.92 Å². The maximum absolute atomic E-state index is 9.00. The Labute approximate surface area is 100 Å². The van der Waals surface area contributed by atoms with Gasteiger partial charge in [-0.2, -0.15) is 0 Å². The normalized spacial score (nSPS) is 9.81. The topological polar surface area (TPSA) is 60.8 Å². The van der Waals surface area contributed by atoms with Crippen LogP contribution in [0.25, 0.3) is 0 Å². The number of nitrogens with zero attached hydrogens (tertiary/aromatic N) is 1. The Balaban J connectivity index is -0.000000166. The predicted octanol–water partition coefficient (Wildman–Crippen LogP) is 2.22. The van der Waals surface area contributed by atoms with Gasteiger partial charge >= 0.3 is 0 Å². The van der Waals surface area contributed by atoms with Crippen LogP contribution in [0.15, 0.2) is 0 Å². The fourth-order valence-corrected chi connectivity index (χ4v) is 0.671. The summed E-state index contributed by atoms with van der Waals surface area (Å²) in [5, 5.41) is 15.9. The molecule has 0 saturated heterocycles. The zero-order chi connectivity index (χ0) is 13.8. The van der Waals surface area contributed by atoms with E-state index < -0.39 is 11.6 Å². The number of hydrogen-bond donors (Lipinski definition) is 2. The van der Waals surface area contributed by atoms with Crippen LogP contribution < -0.4 is 0 Å². The van der Waals surface area contributed by atoms with Gasteiger partial charge in [-0.05, 0) is 40.4 Å². The molecule has 0 fully saturated rings. The van der Waals surface area contributed by atoms with Crippen molar-refractivity contribution in [2.75, 3.05) is 19.6 Å². The third kappa shape index (κ3) is 70.8. The smallest absolute Gasteiger partial charge is 0.300 e.